The van der Waals surface area contributed by atoms with E-state index in [-0.39, 0.29) is 5.28 Å². The van der Waals surface area contributed by atoms with Crippen molar-refractivity contribution in [3.8, 4) is 11.4 Å². The zero-order chi connectivity index (χ0) is 9.26. The molecule has 0 aliphatic carbocycles. The monoisotopic (exact) mass is 214 g/mol. The van der Waals surface area contributed by atoms with Crippen molar-refractivity contribution in [2.75, 3.05) is 0 Å². The van der Waals surface area contributed by atoms with E-state index in [4.69, 9.17) is 23.2 Å². The highest BCUT2D eigenvalue weighted by Crippen LogP contribution is 2.23. The van der Waals surface area contributed by atoms with Gasteiger partial charge in [0.15, 0.2) is 0 Å². The van der Waals surface area contributed by atoms with E-state index in [1.54, 1.807) is 12.3 Å². The molecule has 0 aliphatic rings. The van der Waals surface area contributed by atoms with Crippen molar-refractivity contribution < 1.29 is 0 Å². The molecule has 66 valence electrons. The Morgan fingerprint density at radius 1 is 1.31 bits per heavy atom. The first-order valence-corrected chi connectivity index (χ1v) is 4.21. The van der Waals surface area contributed by atoms with E-state index >= 15 is 0 Å². The maximum Gasteiger partial charge on any atom is 0.223 e. The first kappa shape index (κ1) is 8.47. The molecule has 2 aromatic heterocycles. The number of nitrogens with one attached hydrogen (secondary N) is 1. The Hall–Kier alpha value is -1.13. The Labute approximate surface area is 83.9 Å². The smallest absolute Gasteiger partial charge is 0.223 e. The highest BCUT2D eigenvalue weighted by atomic mass is 35.5. The van der Waals surface area contributed by atoms with Crippen molar-refractivity contribution in [2.45, 2.75) is 0 Å². The first-order chi connectivity index (χ1) is 6.27. The van der Waals surface area contributed by atoms with Crippen molar-refractivity contribution in [1.82, 2.24) is 20.2 Å². The third-order valence-electron chi connectivity index (χ3n) is 1.47. The lowest BCUT2D eigenvalue weighted by Crippen LogP contribution is -1.88. The molecular formula is C7H4Cl2N4. The molecule has 2 aromatic rings. The first-order valence-electron chi connectivity index (χ1n) is 3.45. The van der Waals surface area contributed by atoms with Crippen LogP contribution >= 0.6 is 23.2 Å². The molecule has 2 heterocycles. The third kappa shape index (κ3) is 1.64. The van der Waals surface area contributed by atoms with Crippen LogP contribution in [0.4, 0.5) is 0 Å². The van der Waals surface area contributed by atoms with Crippen LogP contribution in [0.5, 0.6) is 0 Å². The lowest BCUT2D eigenvalue weighted by molar-refractivity contribution is 1.08. The summed E-state index contributed by atoms with van der Waals surface area (Å²) in [5, 5.41) is 7.12. The molecule has 0 amide bonds. The van der Waals surface area contributed by atoms with Gasteiger partial charge in [0.2, 0.25) is 5.28 Å². The van der Waals surface area contributed by atoms with E-state index in [0.29, 0.717) is 16.4 Å². The Morgan fingerprint density at radius 2 is 2.15 bits per heavy atom. The molecule has 0 saturated heterocycles. The van der Waals surface area contributed by atoms with E-state index < -0.39 is 0 Å². The Kier molecular flexibility index (Phi) is 2.16. The van der Waals surface area contributed by atoms with Gasteiger partial charge in [-0.15, -0.1) is 0 Å². The second-order valence-corrected chi connectivity index (χ2v) is 3.05. The maximum atomic E-state index is 5.86. The summed E-state index contributed by atoms with van der Waals surface area (Å²) < 4.78 is 0. The average Bonchev–Trinajstić information content (AvgIpc) is 2.61. The molecule has 0 fully saturated rings. The second-order valence-electron chi connectivity index (χ2n) is 2.31. The highest BCUT2D eigenvalue weighted by molar-refractivity contribution is 6.33. The lowest BCUT2D eigenvalue weighted by Gasteiger charge is -1.98. The summed E-state index contributed by atoms with van der Waals surface area (Å²) in [5.74, 6) is 0. The molecule has 1 N–H and O–H groups in total. The largest absolute Gasteiger partial charge is 0.276 e. The van der Waals surface area contributed by atoms with Gasteiger partial charge in [-0.25, -0.2) is 9.97 Å². The summed E-state index contributed by atoms with van der Waals surface area (Å²) in [7, 11) is 0. The normalized spacial score (nSPS) is 10.3. The second kappa shape index (κ2) is 3.32. The van der Waals surface area contributed by atoms with Gasteiger partial charge in [-0.2, -0.15) is 5.10 Å². The number of halogens is 2. The van der Waals surface area contributed by atoms with Crippen LogP contribution in [0.15, 0.2) is 18.5 Å². The number of hydrogen-bond donors (Lipinski definition) is 1. The lowest BCUT2D eigenvalue weighted by atomic mass is 10.3. The SMILES string of the molecule is Clc1ncc(Cl)c(-c2ccn[nH]2)n1. The van der Waals surface area contributed by atoms with Crippen molar-refractivity contribution in [3.63, 3.8) is 0 Å². The maximum absolute atomic E-state index is 5.86. The summed E-state index contributed by atoms with van der Waals surface area (Å²) >= 11 is 11.5. The number of rotatable bonds is 1. The van der Waals surface area contributed by atoms with Crippen LogP contribution in [0.3, 0.4) is 0 Å². The molecule has 0 spiro atoms. The molecule has 2 rings (SSSR count). The van der Waals surface area contributed by atoms with Crippen molar-refractivity contribution >= 4 is 23.2 Å². The van der Waals surface area contributed by atoms with Gasteiger partial charge in [-0.3, -0.25) is 5.10 Å². The quantitative estimate of drug-likeness (QED) is 0.741. The van der Waals surface area contributed by atoms with Crippen LogP contribution in [-0.2, 0) is 0 Å². The van der Waals surface area contributed by atoms with E-state index in [1.807, 2.05) is 0 Å². The van der Waals surface area contributed by atoms with E-state index in [9.17, 15) is 0 Å². The minimum Gasteiger partial charge on any atom is -0.276 e. The van der Waals surface area contributed by atoms with Gasteiger partial charge < -0.3 is 0 Å². The Morgan fingerprint density at radius 3 is 2.85 bits per heavy atom. The molecule has 0 atom stereocenters. The molecular weight excluding hydrogens is 211 g/mol. The van der Waals surface area contributed by atoms with E-state index in [1.165, 1.54) is 6.20 Å². The van der Waals surface area contributed by atoms with Crippen molar-refractivity contribution in [3.05, 3.63) is 28.8 Å². The number of H-pyrrole nitrogens is 1. The van der Waals surface area contributed by atoms with Gasteiger partial charge >= 0.3 is 0 Å². The predicted molar refractivity (Wildman–Crippen MR) is 49.6 cm³/mol. The van der Waals surface area contributed by atoms with Crippen LogP contribution in [0, 0.1) is 0 Å². The standard InChI is InChI=1S/C7H4Cl2N4/c8-4-3-10-7(9)12-6(4)5-1-2-11-13-5/h1-3H,(H,11,13). The van der Waals surface area contributed by atoms with Crippen molar-refractivity contribution in [1.29, 1.82) is 0 Å². The molecule has 0 unspecified atom stereocenters. The Balaban J connectivity index is 2.57. The van der Waals surface area contributed by atoms with Gasteiger partial charge in [-0.05, 0) is 17.7 Å². The molecule has 0 aliphatic heterocycles. The number of nitrogens with zero attached hydrogens (tertiary/aromatic N) is 3. The number of aromatic amines is 1. The highest BCUT2D eigenvalue weighted by Gasteiger charge is 2.07. The zero-order valence-corrected chi connectivity index (χ0v) is 7.84. The van der Waals surface area contributed by atoms with E-state index in [2.05, 4.69) is 20.2 Å². The minimum absolute atomic E-state index is 0.161. The van der Waals surface area contributed by atoms with Crippen molar-refractivity contribution in [2.24, 2.45) is 0 Å². The topological polar surface area (TPSA) is 54.5 Å². The molecule has 0 radical (unpaired) electrons. The molecule has 6 heteroatoms. The molecule has 13 heavy (non-hydrogen) atoms. The van der Waals surface area contributed by atoms with Gasteiger partial charge in [-0.1, -0.05) is 11.6 Å². The number of aromatic nitrogens is 4. The van der Waals surface area contributed by atoms with Crippen LogP contribution in [0.25, 0.3) is 11.4 Å². The van der Waals surface area contributed by atoms with Gasteiger partial charge in [0.25, 0.3) is 0 Å². The third-order valence-corrected chi connectivity index (χ3v) is 1.93. The Bertz CT molecular complexity index is 412. The van der Waals surface area contributed by atoms with Crippen LogP contribution < -0.4 is 0 Å². The zero-order valence-electron chi connectivity index (χ0n) is 6.33. The summed E-state index contributed by atoms with van der Waals surface area (Å²) in [6.07, 6.45) is 3.06. The fourth-order valence-corrected chi connectivity index (χ4v) is 1.25. The molecule has 0 aromatic carbocycles. The van der Waals surface area contributed by atoms with Gasteiger partial charge in [0.05, 0.1) is 16.9 Å². The number of hydrogen-bond acceptors (Lipinski definition) is 3. The average molecular weight is 215 g/mol. The minimum atomic E-state index is 0.161. The summed E-state index contributed by atoms with van der Waals surface area (Å²) in [6, 6.07) is 1.75. The summed E-state index contributed by atoms with van der Waals surface area (Å²) in [6.45, 7) is 0. The van der Waals surface area contributed by atoms with Crippen LogP contribution in [0.1, 0.15) is 0 Å². The van der Waals surface area contributed by atoms with Gasteiger partial charge in [0.1, 0.15) is 5.69 Å². The van der Waals surface area contributed by atoms with E-state index in [0.717, 1.165) is 0 Å². The fourth-order valence-electron chi connectivity index (χ4n) is 0.922. The van der Waals surface area contributed by atoms with Gasteiger partial charge in [0, 0.05) is 6.20 Å². The molecule has 0 saturated carbocycles. The molecule has 0 bridgehead atoms. The summed E-state index contributed by atoms with van der Waals surface area (Å²) in [5.41, 5.74) is 1.27. The fraction of sp³-hybridized carbons (Fsp3) is 0. The molecule has 4 nitrogen and oxygen atoms in total. The van der Waals surface area contributed by atoms with Crippen LogP contribution in [-0.4, -0.2) is 20.2 Å². The van der Waals surface area contributed by atoms with Crippen LogP contribution in [0.2, 0.25) is 10.3 Å². The summed E-state index contributed by atoms with van der Waals surface area (Å²) in [4.78, 5) is 7.70. The predicted octanol–water partition coefficient (Wildman–Crippen LogP) is 2.17.